The number of benzene rings is 1. The molecule has 0 saturated heterocycles. The fraction of sp³-hybridized carbons (Fsp3) is 0.391. The average Bonchev–Trinajstić information content (AvgIpc) is 3.40. The van der Waals surface area contributed by atoms with Crippen LogP contribution in [0.4, 0.5) is 0 Å². The lowest BCUT2D eigenvalue weighted by molar-refractivity contribution is 0.317. The van der Waals surface area contributed by atoms with Gasteiger partial charge in [0.05, 0.1) is 32.8 Å². The molecule has 0 fully saturated rings. The molecular weight excluding hydrogens is 496 g/mol. The summed E-state index contributed by atoms with van der Waals surface area (Å²) in [6.07, 6.45) is 1.63. The molecule has 1 unspecified atom stereocenters. The van der Waals surface area contributed by atoms with Gasteiger partial charge in [0, 0.05) is 12.6 Å². The number of nitrogens with zero attached hydrogens (tertiary/aromatic N) is 3. The maximum Gasteiger partial charge on any atom is 0.239 e. The molecule has 8 nitrogen and oxygen atoms in total. The topological polar surface area (TPSA) is 111 Å². The van der Waals surface area contributed by atoms with Crippen LogP contribution in [0.15, 0.2) is 39.7 Å². The SMILES string of the molecule is CCCOc1ccc(-c2oc(-c3cc(Cl)c(C4(C)CS(=O)(=O)N(C)C(N)=N4)s3)nc2CC)cc1. The summed E-state index contributed by atoms with van der Waals surface area (Å²) in [7, 11) is -2.23. The van der Waals surface area contributed by atoms with E-state index < -0.39 is 15.6 Å². The Hall–Kier alpha value is -2.56. The zero-order valence-corrected chi connectivity index (χ0v) is 21.9. The van der Waals surface area contributed by atoms with E-state index in [1.165, 1.54) is 18.4 Å². The Morgan fingerprint density at radius 1 is 1.29 bits per heavy atom. The van der Waals surface area contributed by atoms with Gasteiger partial charge in [0.1, 0.15) is 11.3 Å². The molecule has 4 rings (SSSR count). The van der Waals surface area contributed by atoms with E-state index in [1.54, 1.807) is 13.0 Å². The minimum atomic E-state index is -3.61. The van der Waals surface area contributed by atoms with E-state index in [4.69, 9.17) is 31.5 Å². The predicted molar refractivity (Wildman–Crippen MR) is 136 cm³/mol. The Kier molecular flexibility index (Phi) is 6.67. The number of aliphatic imine (C=N–C) groups is 1. The minimum absolute atomic E-state index is 0.0715. The highest BCUT2D eigenvalue weighted by atomic mass is 35.5. The lowest BCUT2D eigenvalue weighted by Crippen LogP contribution is -2.50. The maximum atomic E-state index is 12.6. The molecule has 1 aliphatic rings. The quantitative estimate of drug-likeness (QED) is 0.473. The van der Waals surface area contributed by atoms with Gasteiger partial charge < -0.3 is 14.9 Å². The summed E-state index contributed by atoms with van der Waals surface area (Å²) in [5, 5.41) is 0.397. The van der Waals surface area contributed by atoms with Crippen LogP contribution in [0.3, 0.4) is 0 Å². The molecule has 1 atom stereocenters. The van der Waals surface area contributed by atoms with Crippen LogP contribution >= 0.6 is 22.9 Å². The smallest absolute Gasteiger partial charge is 0.239 e. The normalized spacial score (nSPS) is 19.8. The molecule has 1 aliphatic heterocycles. The average molecular weight is 523 g/mol. The molecule has 0 aliphatic carbocycles. The van der Waals surface area contributed by atoms with Gasteiger partial charge >= 0.3 is 0 Å². The summed E-state index contributed by atoms with van der Waals surface area (Å²) in [4.78, 5) is 10.4. The van der Waals surface area contributed by atoms with Gasteiger partial charge in [-0.05, 0) is 50.1 Å². The highest BCUT2D eigenvalue weighted by Gasteiger charge is 2.42. The van der Waals surface area contributed by atoms with Crippen LogP contribution in [-0.2, 0) is 22.0 Å². The standard InChI is InChI=1S/C23H27ClN4O4S2/c1-5-11-31-15-9-7-14(8-10-15)19-17(6-2)26-21(32-19)18-12-16(24)20(33-18)23(3)13-34(29,30)28(4)22(25)27-23/h7-10,12H,5-6,11,13H2,1-4H3,(H2,25,27). The summed E-state index contributed by atoms with van der Waals surface area (Å²) >= 11 is 7.87. The number of hydrogen-bond donors (Lipinski definition) is 1. The molecule has 0 bridgehead atoms. The molecule has 3 heterocycles. The third-order valence-electron chi connectivity index (χ3n) is 5.57. The molecule has 34 heavy (non-hydrogen) atoms. The van der Waals surface area contributed by atoms with Crippen molar-refractivity contribution >= 4 is 38.9 Å². The third-order valence-corrected chi connectivity index (χ3v) is 9.31. The van der Waals surface area contributed by atoms with Crippen molar-refractivity contribution in [3.8, 4) is 27.8 Å². The van der Waals surface area contributed by atoms with E-state index in [0.717, 1.165) is 27.7 Å². The number of aryl methyl sites for hydroxylation is 1. The first-order valence-corrected chi connectivity index (χ1v) is 13.7. The number of ether oxygens (including phenoxy) is 1. The third kappa shape index (κ3) is 4.54. The van der Waals surface area contributed by atoms with Crippen molar-refractivity contribution < 1.29 is 17.6 Å². The fourth-order valence-electron chi connectivity index (χ4n) is 3.75. The van der Waals surface area contributed by atoms with Crippen molar-refractivity contribution in [2.75, 3.05) is 19.4 Å². The zero-order valence-electron chi connectivity index (χ0n) is 19.5. The summed E-state index contributed by atoms with van der Waals surface area (Å²) in [5.41, 5.74) is 6.51. The van der Waals surface area contributed by atoms with Gasteiger partial charge in [0.15, 0.2) is 5.76 Å². The van der Waals surface area contributed by atoms with Crippen LogP contribution in [0.1, 0.15) is 37.8 Å². The highest BCUT2D eigenvalue weighted by molar-refractivity contribution is 7.89. The lowest BCUT2D eigenvalue weighted by atomic mass is 10.0. The van der Waals surface area contributed by atoms with Crippen molar-refractivity contribution in [2.45, 2.75) is 39.2 Å². The largest absolute Gasteiger partial charge is 0.494 e. The Balaban J connectivity index is 1.70. The van der Waals surface area contributed by atoms with Crippen molar-refractivity contribution in [3.05, 3.63) is 45.9 Å². The zero-order chi connectivity index (χ0) is 24.7. The number of aromatic nitrogens is 1. The molecule has 0 saturated carbocycles. The molecular formula is C23H27ClN4O4S2. The Morgan fingerprint density at radius 2 is 2.00 bits per heavy atom. The molecule has 3 aromatic rings. The predicted octanol–water partition coefficient (Wildman–Crippen LogP) is 4.88. The van der Waals surface area contributed by atoms with E-state index in [2.05, 4.69) is 11.9 Å². The van der Waals surface area contributed by atoms with E-state index in [0.29, 0.717) is 39.5 Å². The van der Waals surface area contributed by atoms with E-state index in [9.17, 15) is 8.42 Å². The van der Waals surface area contributed by atoms with Crippen LogP contribution in [0.5, 0.6) is 5.75 Å². The van der Waals surface area contributed by atoms with Crippen molar-refractivity contribution in [1.82, 2.24) is 9.29 Å². The second kappa shape index (κ2) is 9.24. The van der Waals surface area contributed by atoms with Crippen LogP contribution in [0.25, 0.3) is 22.1 Å². The number of nitrogens with two attached hydrogens (primary N) is 1. The summed E-state index contributed by atoms with van der Waals surface area (Å²) in [6, 6.07) is 9.46. The van der Waals surface area contributed by atoms with Crippen LogP contribution in [0.2, 0.25) is 5.02 Å². The van der Waals surface area contributed by atoms with E-state index in [1.807, 2.05) is 31.2 Å². The lowest BCUT2D eigenvalue weighted by Gasteiger charge is -2.33. The van der Waals surface area contributed by atoms with Crippen molar-refractivity contribution in [2.24, 2.45) is 10.7 Å². The molecule has 0 amide bonds. The molecule has 2 N–H and O–H groups in total. The van der Waals surface area contributed by atoms with Crippen LogP contribution < -0.4 is 10.5 Å². The van der Waals surface area contributed by atoms with Crippen LogP contribution in [-0.4, -0.2) is 43.1 Å². The summed E-state index contributed by atoms with van der Waals surface area (Å²) in [5.74, 6) is 1.60. The second-order valence-electron chi connectivity index (χ2n) is 8.28. The fourth-order valence-corrected chi connectivity index (χ4v) is 6.84. The number of halogens is 1. The number of oxazole rings is 1. The van der Waals surface area contributed by atoms with Gasteiger partial charge in [0.25, 0.3) is 0 Å². The molecule has 11 heteroatoms. The number of hydrogen-bond acceptors (Lipinski definition) is 8. The monoisotopic (exact) mass is 522 g/mol. The first-order valence-electron chi connectivity index (χ1n) is 10.9. The van der Waals surface area contributed by atoms with Gasteiger partial charge in [-0.25, -0.2) is 22.7 Å². The van der Waals surface area contributed by atoms with Crippen molar-refractivity contribution in [1.29, 1.82) is 0 Å². The Morgan fingerprint density at radius 3 is 2.62 bits per heavy atom. The summed E-state index contributed by atoms with van der Waals surface area (Å²) in [6.45, 7) is 6.46. The Bertz CT molecular complexity index is 1330. The van der Waals surface area contributed by atoms with Gasteiger partial charge in [-0.2, -0.15) is 0 Å². The maximum absolute atomic E-state index is 12.6. The Labute approximate surface area is 208 Å². The van der Waals surface area contributed by atoms with Crippen LogP contribution in [0, 0.1) is 0 Å². The molecule has 0 radical (unpaired) electrons. The van der Waals surface area contributed by atoms with Gasteiger partial charge in [-0.15, -0.1) is 11.3 Å². The van der Waals surface area contributed by atoms with E-state index in [-0.39, 0.29) is 11.7 Å². The van der Waals surface area contributed by atoms with Crippen molar-refractivity contribution in [3.63, 3.8) is 0 Å². The first-order chi connectivity index (χ1) is 16.1. The molecule has 1 aromatic carbocycles. The van der Waals surface area contributed by atoms with Gasteiger partial charge in [-0.1, -0.05) is 25.4 Å². The molecule has 182 valence electrons. The number of guanidine groups is 1. The number of sulfonamides is 1. The first kappa shape index (κ1) is 24.6. The minimum Gasteiger partial charge on any atom is -0.494 e. The molecule has 0 spiro atoms. The van der Waals surface area contributed by atoms with Gasteiger partial charge in [0.2, 0.25) is 21.9 Å². The highest BCUT2D eigenvalue weighted by Crippen LogP contribution is 2.44. The molecule has 2 aromatic heterocycles. The summed E-state index contributed by atoms with van der Waals surface area (Å²) < 4.78 is 38.0. The number of rotatable bonds is 7. The second-order valence-corrected chi connectivity index (χ2v) is 11.7. The number of thiophene rings is 1. The van der Waals surface area contributed by atoms with Gasteiger partial charge in [-0.3, -0.25) is 0 Å². The van der Waals surface area contributed by atoms with E-state index >= 15 is 0 Å².